The number of aromatic nitrogens is 3. The highest BCUT2D eigenvalue weighted by atomic mass is 127. The Morgan fingerprint density at radius 1 is 1.17 bits per heavy atom. The van der Waals surface area contributed by atoms with Crippen LogP contribution in [0.4, 0.5) is 13.2 Å². The predicted octanol–water partition coefficient (Wildman–Crippen LogP) is 4.20. The molecule has 0 radical (unpaired) electrons. The maximum atomic E-state index is 12.5. The van der Waals surface area contributed by atoms with Gasteiger partial charge in [-0.15, -0.1) is 5.10 Å². The Kier molecular flexibility index (Phi) is 3.75. The van der Waals surface area contributed by atoms with Crippen molar-refractivity contribution in [3.63, 3.8) is 0 Å². The summed E-state index contributed by atoms with van der Waals surface area (Å²) in [5.41, 5.74) is -0.738. The van der Waals surface area contributed by atoms with Crippen molar-refractivity contribution < 1.29 is 13.2 Å². The molecule has 0 amide bonds. The molecular formula is C9H3Cl2F3IN3. The molecule has 0 fully saturated rings. The number of rotatable bonds is 1. The number of hydrogen-bond acceptors (Lipinski definition) is 2. The molecule has 0 saturated heterocycles. The van der Waals surface area contributed by atoms with Crippen molar-refractivity contribution in [1.82, 2.24) is 15.0 Å². The van der Waals surface area contributed by atoms with Crippen molar-refractivity contribution in [3.05, 3.63) is 37.6 Å². The first-order valence-electron chi connectivity index (χ1n) is 4.43. The molecule has 96 valence electrons. The summed E-state index contributed by atoms with van der Waals surface area (Å²) in [5, 5.41) is 7.13. The molecule has 1 heterocycles. The van der Waals surface area contributed by atoms with Crippen LogP contribution in [0, 0.1) is 3.70 Å². The molecule has 0 aliphatic heterocycles. The summed E-state index contributed by atoms with van der Waals surface area (Å²) in [5.74, 6) is 0. The molecule has 9 heteroatoms. The molecular weight excluding hydrogens is 405 g/mol. The molecule has 18 heavy (non-hydrogen) atoms. The van der Waals surface area contributed by atoms with Gasteiger partial charge in [0.15, 0.2) is 0 Å². The Morgan fingerprint density at radius 3 is 2.11 bits per heavy atom. The van der Waals surface area contributed by atoms with Gasteiger partial charge in [0.05, 0.1) is 21.8 Å². The third-order valence-electron chi connectivity index (χ3n) is 2.04. The molecule has 0 unspecified atom stereocenters. The maximum absolute atomic E-state index is 12.5. The minimum absolute atomic E-state index is 0.142. The molecule has 1 aromatic heterocycles. The number of nitrogens with zero attached hydrogens (tertiary/aromatic N) is 3. The maximum Gasteiger partial charge on any atom is 0.416 e. The number of benzene rings is 1. The second-order valence-electron chi connectivity index (χ2n) is 3.27. The second-order valence-corrected chi connectivity index (χ2v) is 5.19. The Hall–Kier alpha value is -0.540. The standard InChI is InChI=1S/C9H3Cl2F3IN3/c10-5-1-4(9(12,13)14)2-6(11)8(5)18-3-7(15)16-17-18/h1-3H. The van der Waals surface area contributed by atoms with Crippen LogP contribution in [0.15, 0.2) is 18.3 Å². The minimum Gasteiger partial charge on any atom is -0.217 e. The molecule has 0 bridgehead atoms. The van der Waals surface area contributed by atoms with Crippen LogP contribution < -0.4 is 0 Å². The summed E-state index contributed by atoms with van der Waals surface area (Å²) in [6.45, 7) is 0. The largest absolute Gasteiger partial charge is 0.416 e. The van der Waals surface area contributed by atoms with Crippen LogP contribution in [-0.2, 0) is 6.18 Å². The third-order valence-corrected chi connectivity index (χ3v) is 3.11. The smallest absolute Gasteiger partial charge is 0.217 e. The highest BCUT2D eigenvalue weighted by molar-refractivity contribution is 14.1. The van der Waals surface area contributed by atoms with Gasteiger partial charge in [0, 0.05) is 0 Å². The van der Waals surface area contributed by atoms with Crippen molar-refractivity contribution in [3.8, 4) is 5.69 Å². The summed E-state index contributed by atoms with van der Waals surface area (Å²) in [7, 11) is 0. The SMILES string of the molecule is FC(F)(F)c1cc(Cl)c(-n2cc(I)nn2)c(Cl)c1. The van der Waals surface area contributed by atoms with Crippen LogP contribution in [0.3, 0.4) is 0 Å². The van der Waals surface area contributed by atoms with Gasteiger partial charge in [0.2, 0.25) is 0 Å². The Morgan fingerprint density at radius 2 is 1.72 bits per heavy atom. The Balaban J connectivity index is 2.58. The van der Waals surface area contributed by atoms with Crippen molar-refractivity contribution >= 4 is 45.8 Å². The minimum atomic E-state index is -4.50. The average molecular weight is 408 g/mol. The number of hydrogen-bond donors (Lipinski definition) is 0. The summed E-state index contributed by atoms with van der Waals surface area (Å²) >= 11 is 13.5. The quantitative estimate of drug-likeness (QED) is 0.663. The van der Waals surface area contributed by atoms with Gasteiger partial charge in [-0.05, 0) is 34.7 Å². The summed E-state index contributed by atoms with van der Waals surface area (Å²) < 4.78 is 39.4. The van der Waals surface area contributed by atoms with Crippen LogP contribution >= 0.6 is 45.8 Å². The van der Waals surface area contributed by atoms with Crippen molar-refractivity contribution in [2.24, 2.45) is 0 Å². The molecule has 0 aliphatic carbocycles. The monoisotopic (exact) mass is 407 g/mol. The van der Waals surface area contributed by atoms with Crippen LogP contribution in [0.1, 0.15) is 5.56 Å². The van der Waals surface area contributed by atoms with Gasteiger partial charge in [0.25, 0.3) is 0 Å². The summed E-state index contributed by atoms with van der Waals surface area (Å²) in [6.07, 6.45) is -3.00. The molecule has 1 aromatic carbocycles. The van der Waals surface area contributed by atoms with Gasteiger partial charge in [-0.25, -0.2) is 4.68 Å². The fourth-order valence-corrected chi connectivity index (χ4v) is 2.32. The van der Waals surface area contributed by atoms with Gasteiger partial charge in [0.1, 0.15) is 9.39 Å². The van der Waals surface area contributed by atoms with E-state index < -0.39 is 11.7 Å². The van der Waals surface area contributed by atoms with Gasteiger partial charge >= 0.3 is 6.18 Å². The zero-order valence-electron chi connectivity index (χ0n) is 8.34. The lowest BCUT2D eigenvalue weighted by molar-refractivity contribution is -0.137. The molecule has 2 rings (SSSR count). The van der Waals surface area contributed by atoms with E-state index in [1.54, 1.807) is 0 Å². The first-order valence-corrected chi connectivity index (χ1v) is 6.27. The molecule has 0 atom stereocenters. The highest BCUT2D eigenvalue weighted by Gasteiger charge is 2.32. The second kappa shape index (κ2) is 4.86. The van der Waals surface area contributed by atoms with Gasteiger partial charge in [-0.2, -0.15) is 13.2 Å². The third kappa shape index (κ3) is 2.72. The zero-order chi connectivity index (χ0) is 13.5. The number of alkyl halides is 3. The normalized spacial score (nSPS) is 11.9. The van der Waals surface area contributed by atoms with Crippen molar-refractivity contribution in [2.75, 3.05) is 0 Å². The highest BCUT2D eigenvalue weighted by Crippen LogP contribution is 2.37. The van der Waals surface area contributed by atoms with E-state index >= 15 is 0 Å². The lowest BCUT2D eigenvalue weighted by Crippen LogP contribution is -2.07. The van der Waals surface area contributed by atoms with E-state index in [1.165, 1.54) is 10.9 Å². The topological polar surface area (TPSA) is 30.7 Å². The van der Waals surface area contributed by atoms with E-state index in [0.717, 1.165) is 12.1 Å². The van der Waals surface area contributed by atoms with Crippen molar-refractivity contribution in [2.45, 2.75) is 6.18 Å². The molecule has 0 N–H and O–H groups in total. The molecule has 3 nitrogen and oxygen atoms in total. The summed E-state index contributed by atoms with van der Waals surface area (Å²) in [6, 6.07) is 1.61. The molecule has 2 aromatic rings. The molecule has 0 aliphatic rings. The van der Waals surface area contributed by atoms with Crippen LogP contribution in [-0.4, -0.2) is 15.0 Å². The van der Waals surface area contributed by atoms with E-state index in [4.69, 9.17) is 23.2 Å². The van der Waals surface area contributed by atoms with E-state index in [0.29, 0.717) is 3.70 Å². The first-order chi connectivity index (χ1) is 8.29. The van der Waals surface area contributed by atoms with E-state index in [-0.39, 0.29) is 15.7 Å². The molecule has 0 saturated carbocycles. The van der Waals surface area contributed by atoms with E-state index in [1.807, 2.05) is 22.6 Å². The zero-order valence-corrected chi connectivity index (χ0v) is 12.0. The Labute approximate surface area is 123 Å². The lowest BCUT2D eigenvalue weighted by atomic mass is 10.2. The summed E-state index contributed by atoms with van der Waals surface area (Å²) in [4.78, 5) is 0. The van der Waals surface area contributed by atoms with Gasteiger partial charge in [-0.3, -0.25) is 0 Å². The van der Waals surface area contributed by atoms with E-state index in [9.17, 15) is 13.2 Å². The predicted molar refractivity (Wildman–Crippen MR) is 69.1 cm³/mol. The first kappa shape index (κ1) is 13.9. The van der Waals surface area contributed by atoms with Crippen LogP contribution in [0.5, 0.6) is 0 Å². The van der Waals surface area contributed by atoms with Crippen molar-refractivity contribution in [1.29, 1.82) is 0 Å². The van der Waals surface area contributed by atoms with Crippen LogP contribution in [0.25, 0.3) is 5.69 Å². The Bertz CT molecular complexity index is 574. The fourth-order valence-electron chi connectivity index (χ4n) is 1.30. The van der Waals surface area contributed by atoms with Gasteiger partial charge in [-0.1, -0.05) is 28.4 Å². The van der Waals surface area contributed by atoms with Gasteiger partial charge < -0.3 is 0 Å². The molecule has 0 spiro atoms. The fraction of sp³-hybridized carbons (Fsp3) is 0.111. The number of halogens is 6. The lowest BCUT2D eigenvalue weighted by Gasteiger charge is -2.11. The van der Waals surface area contributed by atoms with Crippen LogP contribution in [0.2, 0.25) is 10.0 Å². The average Bonchev–Trinajstić information content (AvgIpc) is 2.62. The van der Waals surface area contributed by atoms with E-state index in [2.05, 4.69) is 10.3 Å².